The third kappa shape index (κ3) is 3.20. The van der Waals surface area contributed by atoms with Gasteiger partial charge in [-0.1, -0.05) is 12.1 Å². The molecule has 1 rings (SSSR count). The molecule has 0 unspecified atom stereocenters. The van der Waals surface area contributed by atoms with Gasteiger partial charge in [0.05, 0.1) is 11.1 Å². The Labute approximate surface area is 118 Å². The van der Waals surface area contributed by atoms with Crippen molar-refractivity contribution < 1.29 is 72.6 Å². The summed E-state index contributed by atoms with van der Waals surface area (Å²) in [7, 11) is 0. The van der Waals surface area contributed by atoms with Crippen LogP contribution < -0.4 is 51.4 Å². The molecule has 62 valence electrons. The molecule has 0 saturated carbocycles. The number of carboxylic acid groups (broad SMARTS) is 2. The minimum atomic E-state index is -1.23. The Hall–Kier alpha value is -0.204. The fourth-order valence-electron chi connectivity index (χ4n) is 0.856. The molecule has 1 aromatic rings. The molecule has 0 fully saturated rings. The van der Waals surface area contributed by atoms with Gasteiger partial charge in [-0.25, -0.2) is 9.59 Å². The van der Waals surface area contributed by atoms with Crippen molar-refractivity contribution in [1.29, 1.82) is 0 Å². The van der Waals surface area contributed by atoms with Crippen molar-refractivity contribution in [3.63, 3.8) is 0 Å². The maximum atomic E-state index is 10.5. The number of carbonyl (C=O) groups is 2. The SMILES string of the molecule is O=C(O)c1ccccc1C(=O)O.[H+].[K+]. The Balaban J connectivity index is 0. The second-order valence-corrected chi connectivity index (χ2v) is 2.16. The van der Waals surface area contributed by atoms with Gasteiger partial charge in [0, 0.05) is 0 Å². The van der Waals surface area contributed by atoms with E-state index in [1.165, 1.54) is 24.3 Å². The summed E-state index contributed by atoms with van der Waals surface area (Å²) in [6.45, 7) is 0. The molecule has 0 spiro atoms. The molecule has 0 amide bonds. The predicted molar refractivity (Wildman–Crippen MR) is 41.5 cm³/mol. The Kier molecular flexibility index (Phi) is 5.42. The molecule has 0 heterocycles. The molecule has 1 aromatic carbocycles. The number of rotatable bonds is 2. The summed E-state index contributed by atoms with van der Waals surface area (Å²) in [4.78, 5) is 20.9. The third-order valence-electron chi connectivity index (χ3n) is 1.39. The predicted octanol–water partition coefficient (Wildman–Crippen LogP) is -1.80. The molecule has 0 aliphatic rings. The summed E-state index contributed by atoms with van der Waals surface area (Å²) < 4.78 is 0. The zero-order valence-corrected chi connectivity index (χ0v) is 10.1. The zero-order chi connectivity index (χ0) is 9.14. The van der Waals surface area contributed by atoms with E-state index in [9.17, 15) is 9.59 Å². The van der Waals surface area contributed by atoms with E-state index in [-0.39, 0.29) is 63.9 Å². The number of benzene rings is 1. The largest absolute Gasteiger partial charge is 1.00 e. The van der Waals surface area contributed by atoms with Gasteiger partial charge in [0.15, 0.2) is 0 Å². The Morgan fingerprint density at radius 1 is 1.00 bits per heavy atom. The van der Waals surface area contributed by atoms with Crippen LogP contribution in [0.15, 0.2) is 24.3 Å². The first kappa shape index (κ1) is 12.8. The monoisotopic (exact) mass is 206 g/mol. The first-order valence-electron chi connectivity index (χ1n) is 3.18. The van der Waals surface area contributed by atoms with Gasteiger partial charge >= 0.3 is 64.7 Å². The van der Waals surface area contributed by atoms with Gasteiger partial charge in [0.2, 0.25) is 0 Å². The van der Waals surface area contributed by atoms with Crippen LogP contribution in [0.25, 0.3) is 0 Å². The second-order valence-electron chi connectivity index (χ2n) is 2.16. The minimum Gasteiger partial charge on any atom is -0.478 e. The van der Waals surface area contributed by atoms with Crippen LogP contribution in [0, 0.1) is 0 Å². The number of hydrogen-bond donors (Lipinski definition) is 2. The van der Waals surface area contributed by atoms with Crippen LogP contribution in [0.4, 0.5) is 0 Å². The molecule has 0 aliphatic carbocycles. The normalized spacial score (nSPS) is 8.62. The summed E-state index contributed by atoms with van der Waals surface area (Å²) >= 11 is 0. The average Bonchev–Trinajstić information content (AvgIpc) is 2.04. The van der Waals surface area contributed by atoms with Crippen LogP contribution in [0.3, 0.4) is 0 Å². The molecule has 0 radical (unpaired) electrons. The van der Waals surface area contributed by atoms with Crippen LogP contribution in [-0.4, -0.2) is 22.2 Å². The van der Waals surface area contributed by atoms with Crippen molar-refractivity contribution in [3.8, 4) is 0 Å². The van der Waals surface area contributed by atoms with E-state index in [0.717, 1.165) is 0 Å². The van der Waals surface area contributed by atoms with Crippen LogP contribution >= 0.6 is 0 Å². The van der Waals surface area contributed by atoms with Crippen LogP contribution in [0.1, 0.15) is 22.1 Å². The van der Waals surface area contributed by atoms with Crippen LogP contribution in [0.5, 0.6) is 0 Å². The van der Waals surface area contributed by atoms with Crippen molar-refractivity contribution in [2.24, 2.45) is 0 Å². The molecule has 4 nitrogen and oxygen atoms in total. The first-order valence-corrected chi connectivity index (χ1v) is 3.18. The zero-order valence-electron chi connectivity index (χ0n) is 8.02. The molecule has 0 bridgehead atoms. The molecule has 0 atom stereocenters. The first-order chi connectivity index (χ1) is 5.63. The van der Waals surface area contributed by atoms with E-state index >= 15 is 0 Å². The van der Waals surface area contributed by atoms with Crippen molar-refractivity contribution in [2.45, 2.75) is 0 Å². The number of carboxylic acids is 2. The minimum absolute atomic E-state index is 0. The maximum Gasteiger partial charge on any atom is 1.00 e. The molecule has 0 aromatic heterocycles. The fourth-order valence-corrected chi connectivity index (χ4v) is 0.856. The van der Waals surface area contributed by atoms with Gasteiger partial charge < -0.3 is 10.2 Å². The van der Waals surface area contributed by atoms with Gasteiger partial charge in [0.1, 0.15) is 0 Å². The van der Waals surface area contributed by atoms with E-state index in [2.05, 4.69) is 0 Å². The van der Waals surface area contributed by atoms with Crippen LogP contribution in [0.2, 0.25) is 0 Å². The van der Waals surface area contributed by atoms with Crippen molar-refractivity contribution in [3.05, 3.63) is 35.4 Å². The van der Waals surface area contributed by atoms with Crippen molar-refractivity contribution in [2.75, 3.05) is 0 Å². The summed E-state index contributed by atoms with van der Waals surface area (Å²) in [6, 6.07) is 5.48. The standard InChI is InChI=1S/C8H6O4.K/c9-7(10)5-3-1-2-4-6(5)8(11)12;/h1-4H,(H,9,10)(H,11,12);/q;+1/p+1. The van der Waals surface area contributed by atoms with Gasteiger partial charge in [0.25, 0.3) is 0 Å². The van der Waals surface area contributed by atoms with Gasteiger partial charge in [-0.3, -0.25) is 0 Å². The molecule has 0 saturated heterocycles. The molecule has 13 heavy (non-hydrogen) atoms. The number of hydrogen-bond acceptors (Lipinski definition) is 2. The smallest absolute Gasteiger partial charge is 0.478 e. The quantitative estimate of drug-likeness (QED) is 0.560. The summed E-state index contributed by atoms with van der Waals surface area (Å²) in [5.74, 6) is -2.46. The molecular formula is C8H7KO4+2. The molecule has 2 N–H and O–H groups in total. The topological polar surface area (TPSA) is 74.6 Å². The third-order valence-corrected chi connectivity index (χ3v) is 1.39. The van der Waals surface area contributed by atoms with E-state index in [0.29, 0.717) is 0 Å². The second kappa shape index (κ2) is 5.51. The van der Waals surface area contributed by atoms with Crippen LogP contribution in [-0.2, 0) is 0 Å². The molecular weight excluding hydrogens is 199 g/mol. The molecule has 5 heteroatoms. The number of aromatic carboxylic acids is 2. The molecule has 0 aliphatic heterocycles. The van der Waals surface area contributed by atoms with E-state index < -0.39 is 11.9 Å². The van der Waals surface area contributed by atoms with Gasteiger partial charge in [-0.15, -0.1) is 0 Å². The summed E-state index contributed by atoms with van der Waals surface area (Å²) in [6.07, 6.45) is 0. The van der Waals surface area contributed by atoms with E-state index in [4.69, 9.17) is 10.2 Å². The van der Waals surface area contributed by atoms with Crippen molar-refractivity contribution in [1.82, 2.24) is 0 Å². The van der Waals surface area contributed by atoms with E-state index in [1.807, 2.05) is 0 Å². The Bertz CT molecular complexity index is 307. The average molecular weight is 206 g/mol. The van der Waals surface area contributed by atoms with Crippen molar-refractivity contribution >= 4 is 11.9 Å². The van der Waals surface area contributed by atoms with Gasteiger partial charge in [-0.2, -0.15) is 0 Å². The summed E-state index contributed by atoms with van der Waals surface area (Å²) in [5, 5.41) is 17.1. The maximum absolute atomic E-state index is 10.5. The van der Waals surface area contributed by atoms with E-state index in [1.54, 1.807) is 0 Å². The Morgan fingerprint density at radius 3 is 1.54 bits per heavy atom. The van der Waals surface area contributed by atoms with Gasteiger partial charge in [-0.05, 0) is 12.1 Å². The fraction of sp³-hybridized carbons (Fsp3) is 0. The summed E-state index contributed by atoms with van der Waals surface area (Å²) in [5.41, 5.74) is -0.380. The Morgan fingerprint density at radius 2 is 1.31 bits per heavy atom.